The van der Waals surface area contributed by atoms with Crippen molar-refractivity contribution in [1.29, 1.82) is 0 Å². The van der Waals surface area contributed by atoms with Crippen LogP contribution < -0.4 is 0 Å². The first-order valence-corrected chi connectivity index (χ1v) is 9.77. The lowest BCUT2D eigenvalue weighted by Crippen LogP contribution is -2.38. The fourth-order valence-corrected chi connectivity index (χ4v) is 6.55. The number of aliphatic hydroxyl groups is 1. The molecule has 124 valence electrons. The van der Waals surface area contributed by atoms with Crippen LogP contribution in [0.4, 0.5) is 0 Å². The lowest BCUT2D eigenvalue weighted by Gasteiger charge is -2.27. The Morgan fingerprint density at radius 1 is 1.43 bits per heavy atom. The predicted octanol–water partition coefficient (Wildman–Crippen LogP) is 2.24. The van der Waals surface area contributed by atoms with Gasteiger partial charge in [0.1, 0.15) is 0 Å². The number of fused-ring (bicyclic) bond motifs is 2. The number of rotatable bonds is 2. The highest BCUT2D eigenvalue weighted by Crippen LogP contribution is 2.54. The zero-order valence-corrected chi connectivity index (χ0v) is 14.1. The Bertz CT molecular complexity index is 657. The fourth-order valence-electron chi connectivity index (χ4n) is 5.43. The molecule has 0 unspecified atom stereocenters. The highest BCUT2D eigenvalue weighted by molar-refractivity contribution is 7.10. The van der Waals surface area contributed by atoms with Crippen LogP contribution >= 0.6 is 11.3 Å². The summed E-state index contributed by atoms with van der Waals surface area (Å²) in [6.07, 6.45) is 6.95. The zero-order chi connectivity index (χ0) is 15.6. The van der Waals surface area contributed by atoms with Crippen molar-refractivity contribution in [3.8, 4) is 0 Å². The Hall–Kier alpha value is -0.910. The molecule has 0 radical (unpaired) electrons. The van der Waals surface area contributed by atoms with E-state index in [1.807, 2.05) is 4.90 Å². The Balaban J connectivity index is 1.41. The average Bonchev–Trinajstić information content (AvgIpc) is 3.31. The van der Waals surface area contributed by atoms with Crippen LogP contribution in [0.5, 0.6) is 0 Å². The lowest BCUT2D eigenvalue weighted by molar-refractivity contribution is 0.00153. The first-order valence-electron chi connectivity index (χ1n) is 8.89. The van der Waals surface area contributed by atoms with Gasteiger partial charge < -0.3 is 14.7 Å². The number of aliphatic hydroxyl groups excluding tert-OH is 1. The van der Waals surface area contributed by atoms with E-state index in [1.54, 1.807) is 11.3 Å². The molecular formula is C18H23NO3S. The number of hydrogen-bond acceptors (Lipinski definition) is 4. The predicted molar refractivity (Wildman–Crippen MR) is 87.8 cm³/mol. The van der Waals surface area contributed by atoms with Crippen molar-refractivity contribution in [2.24, 2.45) is 11.8 Å². The van der Waals surface area contributed by atoms with Crippen LogP contribution in [-0.2, 0) is 17.6 Å². The molecule has 1 aromatic heterocycles. The summed E-state index contributed by atoms with van der Waals surface area (Å²) in [4.78, 5) is 16.5. The van der Waals surface area contributed by atoms with Gasteiger partial charge in [0.2, 0.25) is 0 Å². The van der Waals surface area contributed by atoms with Gasteiger partial charge in [-0.15, -0.1) is 11.3 Å². The molecule has 1 aromatic rings. The molecular weight excluding hydrogens is 310 g/mol. The van der Waals surface area contributed by atoms with Crippen LogP contribution in [0.3, 0.4) is 0 Å². The molecule has 4 atom stereocenters. The molecule has 1 amide bonds. The van der Waals surface area contributed by atoms with E-state index in [2.05, 4.69) is 5.38 Å². The molecule has 1 N–H and O–H groups in total. The summed E-state index contributed by atoms with van der Waals surface area (Å²) in [5.74, 6) is 0.736. The molecule has 1 aliphatic carbocycles. The van der Waals surface area contributed by atoms with Gasteiger partial charge in [0.05, 0.1) is 23.8 Å². The maximum Gasteiger partial charge on any atom is 0.255 e. The second-order valence-electron chi connectivity index (χ2n) is 7.66. The molecule has 3 aliphatic heterocycles. The summed E-state index contributed by atoms with van der Waals surface area (Å²) in [5, 5.41) is 11.8. The lowest BCUT2D eigenvalue weighted by atomic mass is 9.74. The molecule has 23 heavy (non-hydrogen) atoms. The minimum Gasteiger partial charge on any atom is -0.396 e. The third-order valence-electron chi connectivity index (χ3n) is 6.57. The van der Waals surface area contributed by atoms with E-state index in [-0.39, 0.29) is 30.1 Å². The van der Waals surface area contributed by atoms with E-state index in [1.165, 1.54) is 23.3 Å². The smallest absolute Gasteiger partial charge is 0.255 e. The van der Waals surface area contributed by atoms with Crippen LogP contribution in [-0.4, -0.2) is 47.3 Å². The monoisotopic (exact) mass is 333 g/mol. The zero-order valence-electron chi connectivity index (χ0n) is 13.3. The van der Waals surface area contributed by atoms with Crippen molar-refractivity contribution < 1.29 is 14.6 Å². The summed E-state index contributed by atoms with van der Waals surface area (Å²) in [6.45, 7) is 1.66. The largest absolute Gasteiger partial charge is 0.396 e. The Labute approximate surface area is 140 Å². The third kappa shape index (κ3) is 1.93. The maximum atomic E-state index is 13.1. The van der Waals surface area contributed by atoms with Gasteiger partial charge in [-0.2, -0.15) is 0 Å². The number of carbonyl (C=O) groups is 1. The average molecular weight is 333 g/mol. The molecule has 4 nitrogen and oxygen atoms in total. The van der Waals surface area contributed by atoms with E-state index in [4.69, 9.17) is 4.74 Å². The van der Waals surface area contributed by atoms with Crippen LogP contribution in [0.1, 0.15) is 46.5 Å². The van der Waals surface area contributed by atoms with Gasteiger partial charge in [0.25, 0.3) is 5.91 Å². The van der Waals surface area contributed by atoms with E-state index in [0.29, 0.717) is 12.5 Å². The number of amides is 1. The molecule has 5 rings (SSSR count). The SMILES string of the molecule is O=C(c1csc2c1CCCC2)N1C[C@@H]2[C@H](CO)[C@H]3CC[C@]2(C1)O3. The van der Waals surface area contributed by atoms with Crippen molar-refractivity contribution in [2.45, 2.75) is 50.2 Å². The summed E-state index contributed by atoms with van der Waals surface area (Å²) in [7, 11) is 0. The van der Waals surface area contributed by atoms with Gasteiger partial charge in [-0.3, -0.25) is 4.79 Å². The first-order chi connectivity index (χ1) is 11.2. The Kier molecular flexibility index (Phi) is 3.16. The highest BCUT2D eigenvalue weighted by Gasteiger charge is 2.63. The summed E-state index contributed by atoms with van der Waals surface area (Å²) >= 11 is 1.76. The second kappa shape index (κ2) is 5.04. The normalized spacial score (nSPS) is 38.0. The molecule has 0 saturated carbocycles. The van der Waals surface area contributed by atoms with Gasteiger partial charge in [-0.05, 0) is 44.1 Å². The van der Waals surface area contributed by atoms with Gasteiger partial charge in [-0.1, -0.05) is 0 Å². The van der Waals surface area contributed by atoms with Crippen molar-refractivity contribution in [2.75, 3.05) is 19.7 Å². The molecule has 3 fully saturated rings. The van der Waals surface area contributed by atoms with Gasteiger partial charge in [0, 0.05) is 35.2 Å². The summed E-state index contributed by atoms with van der Waals surface area (Å²) < 4.78 is 6.25. The number of nitrogens with zero attached hydrogens (tertiary/aromatic N) is 1. The van der Waals surface area contributed by atoms with E-state index < -0.39 is 0 Å². The number of hydrogen-bond donors (Lipinski definition) is 1. The van der Waals surface area contributed by atoms with E-state index in [9.17, 15) is 9.90 Å². The molecule has 2 bridgehead atoms. The van der Waals surface area contributed by atoms with Gasteiger partial charge >= 0.3 is 0 Å². The fraction of sp³-hybridized carbons (Fsp3) is 0.722. The number of aryl methyl sites for hydroxylation is 1. The van der Waals surface area contributed by atoms with Crippen molar-refractivity contribution in [3.05, 3.63) is 21.4 Å². The molecule has 4 aliphatic rings. The molecule has 5 heteroatoms. The highest BCUT2D eigenvalue weighted by atomic mass is 32.1. The number of thiophene rings is 1. The quantitative estimate of drug-likeness (QED) is 0.903. The van der Waals surface area contributed by atoms with Crippen LogP contribution in [0, 0.1) is 11.8 Å². The van der Waals surface area contributed by atoms with Crippen LogP contribution in [0.15, 0.2) is 5.38 Å². The molecule has 1 spiro atoms. The van der Waals surface area contributed by atoms with Crippen molar-refractivity contribution in [3.63, 3.8) is 0 Å². The first kappa shape index (κ1) is 14.4. The standard InChI is InChI=1S/C18H23NO3S/c20-8-12-14-7-19(10-18(14)6-5-15(12)22-18)17(21)13-9-23-16-4-2-1-3-11(13)16/h9,12,14-15,20H,1-8,10H2/t12-,14+,15+,18+/m0/s1. The van der Waals surface area contributed by atoms with Gasteiger partial charge in [0.15, 0.2) is 0 Å². The molecule has 4 heterocycles. The van der Waals surface area contributed by atoms with Crippen molar-refractivity contribution >= 4 is 17.2 Å². The van der Waals surface area contributed by atoms with E-state index >= 15 is 0 Å². The van der Waals surface area contributed by atoms with E-state index in [0.717, 1.165) is 37.8 Å². The number of ether oxygens (including phenoxy) is 1. The minimum atomic E-state index is -0.163. The molecule has 3 saturated heterocycles. The van der Waals surface area contributed by atoms with Crippen LogP contribution in [0.25, 0.3) is 0 Å². The summed E-state index contributed by atoms with van der Waals surface area (Å²) in [5.41, 5.74) is 2.09. The topological polar surface area (TPSA) is 49.8 Å². The molecule has 0 aromatic carbocycles. The van der Waals surface area contributed by atoms with Crippen molar-refractivity contribution in [1.82, 2.24) is 4.90 Å². The number of likely N-dealkylation sites (tertiary alicyclic amines) is 1. The Morgan fingerprint density at radius 2 is 2.30 bits per heavy atom. The minimum absolute atomic E-state index is 0.163. The Morgan fingerprint density at radius 3 is 3.17 bits per heavy atom. The third-order valence-corrected chi connectivity index (χ3v) is 7.66. The van der Waals surface area contributed by atoms with Gasteiger partial charge in [-0.25, -0.2) is 0 Å². The second-order valence-corrected chi connectivity index (χ2v) is 8.62. The summed E-state index contributed by atoms with van der Waals surface area (Å²) in [6, 6.07) is 0. The number of carbonyl (C=O) groups excluding carboxylic acids is 1. The maximum absolute atomic E-state index is 13.1. The van der Waals surface area contributed by atoms with Crippen LogP contribution in [0.2, 0.25) is 0 Å².